The average molecular weight is 353 g/mol. The van der Waals surface area contributed by atoms with E-state index in [4.69, 9.17) is 0 Å². The van der Waals surface area contributed by atoms with Gasteiger partial charge in [-0.2, -0.15) is 4.99 Å². The molecule has 1 aromatic heterocycles. The zero-order chi connectivity index (χ0) is 17.6. The molecule has 4 rings (SSSR count). The molecule has 1 saturated heterocycles. The monoisotopic (exact) mass is 353 g/mol. The van der Waals surface area contributed by atoms with Crippen LogP contribution in [0.25, 0.3) is 21.0 Å². The van der Waals surface area contributed by atoms with E-state index in [1.165, 1.54) is 11.3 Å². The van der Waals surface area contributed by atoms with Crippen LogP contribution in [0.5, 0.6) is 0 Å². The summed E-state index contributed by atoms with van der Waals surface area (Å²) in [6, 6.07) is 12.1. The number of rotatable bonds is 2. The van der Waals surface area contributed by atoms with Crippen LogP contribution >= 0.6 is 11.3 Å². The van der Waals surface area contributed by atoms with Gasteiger partial charge in [-0.25, -0.2) is 0 Å². The van der Waals surface area contributed by atoms with Crippen LogP contribution in [0.4, 0.5) is 0 Å². The van der Waals surface area contributed by atoms with Gasteiger partial charge < -0.3 is 4.57 Å². The number of hydrogen-bond donors (Lipinski definition) is 0. The number of likely N-dealkylation sites (tertiary alicyclic amines) is 1. The predicted octanol–water partition coefficient (Wildman–Crippen LogP) is 1.97. The molecule has 0 unspecified atom stereocenters. The molecule has 1 aliphatic heterocycles. The van der Waals surface area contributed by atoms with Crippen LogP contribution in [0.15, 0.2) is 41.4 Å². The molecule has 0 bridgehead atoms. The largest absolute Gasteiger partial charge is 0.319 e. The van der Waals surface area contributed by atoms with E-state index in [9.17, 15) is 14.4 Å². The number of imide groups is 1. The first-order valence-electron chi connectivity index (χ1n) is 7.92. The highest BCUT2D eigenvalue weighted by molar-refractivity contribution is 7.17. The molecule has 6 nitrogen and oxygen atoms in total. The minimum Gasteiger partial charge on any atom is -0.319 e. The van der Waals surface area contributed by atoms with Gasteiger partial charge in [-0.3, -0.25) is 19.3 Å². The van der Waals surface area contributed by atoms with E-state index < -0.39 is 5.91 Å². The van der Waals surface area contributed by atoms with Gasteiger partial charge in [-0.15, -0.1) is 0 Å². The van der Waals surface area contributed by atoms with Gasteiger partial charge in [-0.1, -0.05) is 41.7 Å². The average Bonchev–Trinajstić information content (AvgIpc) is 3.09. The van der Waals surface area contributed by atoms with Gasteiger partial charge in [0.25, 0.3) is 5.91 Å². The molecule has 2 heterocycles. The number of thiazole rings is 1. The summed E-state index contributed by atoms with van der Waals surface area (Å²) < 4.78 is 2.92. The Morgan fingerprint density at radius 3 is 2.60 bits per heavy atom. The van der Waals surface area contributed by atoms with Crippen LogP contribution in [0.3, 0.4) is 0 Å². The van der Waals surface area contributed by atoms with Crippen molar-refractivity contribution >= 4 is 50.0 Å². The number of carbonyl (C=O) groups is 3. The fourth-order valence-electron chi connectivity index (χ4n) is 3.04. The van der Waals surface area contributed by atoms with E-state index in [1.807, 2.05) is 48.0 Å². The van der Waals surface area contributed by atoms with Crippen molar-refractivity contribution in [1.82, 2.24) is 9.47 Å². The molecule has 1 aliphatic rings. The maximum Gasteiger partial charge on any atom is 0.268 e. The molecule has 0 radical (unpaired) electrons. The Hall–Kier alpha value is -2.80. The molecule has 7 heteroatoms. The molecular weight excluding hydrogens is 338 g/mol. The molecule has 3 aromatic rings. The number of fused-ring (bicyclic) bond motifs is 3. The van der Waals surface area contributed by atoms with Gasteiger partial charge in [0, 0.05) is 25.3 Å². The molecule has 126 valence electrons. The Morgan fingerprint density at radius 1 is 1.12 bits per heavy atom. The summed E-state index contributed by atoms with van der Waals surface area (Å²) in [4.78, 5) is 41.2. The number of aromatic nitrogens is 1. The van der Waals surface area contributed by atoms with Gasteiger partial charge >= 0.3 is 0 Å². The van der Waals surface area contributed by atoms with Crippen molar-refractivity contribution in [3.05, 3.63) is 41.2 Å². The minimum absolute atomic E-state index is 0.175. The summed E-state index contributed by atoms with van der Waals surface area (Å²) in [7, 11) is 1.85. The molecule has 0 atom stereocenters. The summed E-state index contributed by atoms with van der Waals surface area (Å²) in [5.41, 5.74) is 0.989. The lowest BCUT2D eigenvalue weighted by Crippen LogP contribution is -2.34. The van der Waals surface area contributed by atoms with Gasteiger partial charge in [0.05, 0.1) is 10.2 Å². The third-order valence-corrected chi connectivity index (χ3v) is 5.55. The van der Waals surface area contributed by atoms with E-state index in [1.54, 1.807) is 0 Å². The van der Waals surface area contributed by atoms with Crippen LogP contribution < -0.4 is 4.80 Å². The number of benzene rings is 2. The number of nitrogens with zero attached hydrogens (tertiary/aromatic N) is 3. The first kappa shape index (κ1) is 15.7. The normalized spacial score (nSPS) is 15.7. The lowest BCUT2D eigenvalue weighted by Gasteiger charge is -2.09. The van der Waals surface area contributed by atoms with Gasteiger partial charge in [0.15, 0.2) is 4.80 Å². The smallest absolute Gasteiger partial charge is 0.268 e. The molecule has 25 heavy (non-hydrogen) atoms. The van der Waals surface area contributed by atoms with Crippen molar-refractivity contribution < 1.29 is 14.4 Å². The Kier molecular flexibility index (Phi) is 3.73. The van der Waals surface area contributed by atoms with E-state index in [0.717, 1.165) is 25.9 Å². The number of amides is 3. The fourth-order valence-corrected chi connectivity index (χ4v) is 4.21. The van der Waals surface area contributed by atoms with E-state index in [2.05, 4.69) is 4.99 Å². The first-order valence-corrected chi connectivity index (χ1v) is 8.74. The second-order valence-electron chi connectivity index (χ2n) is 5.96. The van der Waals surface area contributed by atoms with Crippen molar-refractivity contribution in [3.8, 4) is 0 Å². The third kappa shape index (κ3) is 2.66. The highest BCUT2D eigenvalue weighted by Gasteiger charge is 2.30. The maximum atomic E-state index is 12.2. The summed E-state index contributed by atoms with van der Waals surface area (Å²) in [6.45, 7) is -0.285. The Bertz CT molecular complexity index is 1090. The summed E-state index contributed by atoms with van der Waals surface area (Å²) in [5.74, 6) is -1.10. The SMILES string of the molecule is Cn1c(=NC(=O)CN2C(=O)CCC2=O)sc2c3ccccc3ccc21. The molecule has 0 spiro atoms. The lowest BCUT2D eigenvalue weighted by atomic mass is 10.1. The highest BCUT2D eigenvalue weighted by atomic mass is 32.1. The van der Waals surface area contributed by atoms with Crippen LogP contribution in [-0.4, -0.2) is 33.7 Å². The number of hydrogen-bond acceptors (Lipinski definition) is 4. The Balaban J connectivity index is 1.76. The topological polar surface area (TPSA) is 71.7 Å². The van der Waals surface area contributed by atoms with Crippen molar-refractivity contribution in [3.63, 3.8) is 0 Å². The molecular formula is C18H15N3O3S. The third-order valence-electron chi connectivity index (χ3n) is 4.37. The van der Waals surface area contributed by atoms with Crippen molar-refractivity contribution in [1.29, 1.82) is 0 Å². The highest BCUT2D eigenvalue weighted by Crippen LogP contribution is 2.27. The van der Waals surface area contributed by atoms with Gasteiger partial charge in [0.1, 0.15) is 6.54 Å². The molecule has 0 aliphatic carbocycles. The van der Waals surface area contributed by atoms with Crippen LogP contribution in [0, 0.1) is 0 Å². The van der Waals surface area contributed by atoms with Crippen molar-refractivity contribution in [2.45, 2.75) is 12.8 Å². The molecule has 2 aromatic carbocycles. The number of aryl methyl sites for hydroxylation is 1. The predicted molar refractivity (Wildman–Crippen MR) is 94.8 cm³/mol. The zero-order valence-electron chi connectivity index (χ0n) is 13.6. The minimum atomic E-state index is -0.491. The molecule has 3 amide bonds. The van der Waals surface area contributed by atoms with E-state index in [0.29, 0.717) is 4.80 Å². The summed E-state index contributed by atoms with van der Waals surface area (Å²) in [5, 5.41) is 2.24. The molecule has 0 N–H and O–H groups in total. The molecule has 0 saturated carbocycles. The first-order chi connectivity index (χ1) is 12.0. The summed E-state index contributed by atoms with van der Waals surface area (Å²) >= 11 is 1.43. The van der Waals surface area contributed by atoms with Crippen molar-refractivity contribution in [2.24, 2.45) is 12.0 Å². The molecule has 1 fully saturated rings. The fraction of sp³-hybridized carbons (Fsp3) is 0.222. The Labute approximate surface area is 147 Å². The van der Waals surface area contributed by atoms with Crippen LogP contribution in [0.1, 0.15) is 12.8 Å². The lowest BCUT2D eigenvalue weighted by molar-refractivity contribution is -0.141. The van der Waals surface area contributed by atoms with E-state index >= 15 is 0 Å². The quantitative estimate of drug-likeness (QED) is 0.661. The van der Waals surface area contributed by atoms with Crippen LogP contribution in [0.2, 0.25) is 0 Å². The summed E-state index contributed by atoms with van der Waals surface area (Å²) in [6.07, 6.45) is 0.351. The van der Waals surface area contributed by atoms with E-state index in [-0.39, 0.29) is 31.2 Å². The number of carbonyl (C=O) groups excluding carboxylic acids is 3. The van der Waals surface area contributed by atoms with Gasteiger partial charge in [0.2, 0.25) is 11.8 Å². The van der Waals surface area contributed by atoms with Crippen molar-refractivity contribution in [2.75, 3.05) is 6.54 Å². The standard InChI is InChI=1S/C18H15N3O3S/c1-20-13-7-6-11-4-2-3-5-12(11)17(13)25-18(20)19-14(22)10-21-15(23)8-9-16(21)24/h2-7H,8-10H2,1H3. The Morgan fingerprint density at radius 2 is 1.84 bits per heavy atom. The second-order valence-corrected chi connectivity index (χ2v) is 6.94. The zero-order valence-corrected chi connectivity index (χ0v) is 14.4. The van der Waals surface area contributed by atoms with Gasteiger partial charge in [-0.05, 0) is 11.5 Å². The second kappa shape index (κ2) is 5.93. The van der Waals surface area contributed by atoms with Crippen LogP contribution in [-0.2, 0) is 21.4 Å². The maximum absolute atomic E-state index is 12.2.